The Morgan fingerprint density at radius 3 is 2.14 bits per heavy atom. The summed E-state index contributed by atoms with van der Waals surface area (Å²) in [5, 5.41) is 10.6. The van der Waals surface area contributed by atoms with Crippen LogP contribution in [0.4, 0.5) is 17.1 Å². The van der Waals surface area contributed by atoms with E-state index in [2.05, 4.69) is 90.3 Å². The molecular weight excluding hydrogens is 432 g/mol. The van der Waals surface area contributed by atoms with Gasteiger partial charge in [-0.05, 0) is 41.0 Å². The van der Waals surface area contributed by atoms with Gasteiger partial charge >= 0.3 is 0 Å². The summed E-state index contributed by atoms with van der Waals surface area (Å²) in [5.41, 5.74) is 9.67. The molecule has 1 aliphatic rings. The van der Waals surface area contributed by atoms with E-state index in [1.807, 2.05) is 24.3 Å². The number of anilines is 3. The SMILES string of the molecule is C=C(/C=C\C=C/C[N+](=O)[O-])c1cccc2c1N(c1ccccc1)c1ccccc1-c1ccccc1-2. The molecule has 4 aromatic rings. The minimum Gasteiger partial charge on any atom is -0.309 e. The van der Waals surface area contributed by atoms with Crippen LogP contribution in [0.2, 0.25) is 0 Å². The normalized spacial score (nSPS) is 12.2. The van der Waals surface area contributed by atoms with Gasteiger partial charge in [0.1, 0.15) is 0 Å². The van der Waals surface area contributed by atoms with Gasteiger partial charge in [-0.2, -0.15) is 0 Å². The van der Waals surface area contributed by atoms with Crippen LogP contribution < -0.4 is 4.90 Å². The van der Waals surface area contributed by atoms with Crippen molar-refractivity contribution >= 4 is 22.6 Å². The van der Waals surface area contributed by atoms with Crippen LogP contribution in [0.5, 0.6) is 0 Å². The largest absolute Gasteiger partial charge is 0.309 e. The highest BCUT2D eigenvalue weighted by Gasteiger charge is 2.27. The zero-order valence-corrected chi connectivity index (χ0v) is 19.2. The third-order valence-electron chi connectivity index (χ3n) is 6.07. The van der Waals surface area contributed by atoms with Crippen LogP contribution in [0.1, 0.15) is 5.56 Å². The van der Waals surface area contributed by atoms with E-state index in [0.717, 1.165) is 44.9 Å². The lowest BCUT2D eigenvalue weighted by molar-refractivity contribution is -0.468. The topological polar surface area (TPSA) is 46.4 Å². The molecule has 0 radical (unpaired) electrons. The summed E-state index contributed by atoms with van der Waals surface area (Å²) in [6.07, 6.45) is 6.92. The Hall–Kier alpha value is -4.70. The molecule has 170 valence electrons. The molecule has 35 heavy (non-hydrogen) atoms. The highest BCUT2D eigenvalue weighted by molar-refractivity contribution is 6.05. The Morgan fingerprint density at radius 2 is 1.40 bits per heavy atom. The first-order chi connectivity index (χ1) is 17.1. The first-order valence-electron chi connectivity index (χ1n) is 11.5. The molecule has 4 aromatic carbocycles. The van der Waals surface area contributed by atoms with Crippen LogP contribution >= 0.6 is 0 Å². The number of para-hydroxylation sites is 3. The second-order valence-corrected chi connectivity index (χ2v) is 8.26. The predicted octanol–water partition coefficient (Wildman–Crippen LogP) is 8.21. The molecule has 0 saturated heterocycles. The first-order valence-corrected chi connectivity index (χ1v) is 11.5. The lowest BCUT2D eigenvalue weighted by Crippen LogP contribution is -2.12. The minimum absolute atomic E-state index is 0.201. The lowest BCUT2D eigenvalue weighted by atomic mass is 9.92. The van der Waals surface area contributed by atoms with Crippen molar-refractivity contribution in [2.75, 3.05) is 11.4 Å². The maximum atomic E-state index is 10.6. The molecule has 0 N–H and O–H groups in total. The van der Waals surface area contributed by atoms with Crippen molar-refractivity contribution in [2.24, 2.45) is 0 Å². The van der Waals surface area contributed by atoms with Crippen LogP contribution in [-0.2, 0) is 0 Å². The molecule has 0 saturated carbocycles. The Bertz CT molecular complexity index is 1470. The van der Waals surface area contributed by atoms with Crippen LogP contribution in [0.3, 0.4) is 0 Å². The van der Waals surface area contributed by atoms with Crippen LogP contribution in [0.15, 0.2) is 128 Å². The molecule has 0 aliphatic carbocycles. The third kappa shape index (κ3) is 4.30. The molecule has 5 rings (SSSR count). The van der Waals surface area contributed by atoms with E-state index in [9.17, 15) is 10.1 Å². The molecule has 0 fully saturated rings. The van der Waals surface area contributed by atoms with Crippen molar-refractivity contribution in [1.82, 2.24) is 0 Å². The smallest absolute Gasteiger partial charge is 0.222 e. The highest BCUT2D eigenvalue weighted by atomic mass is 16.6. The van der Waals surface area contributed by atoms with Crippen LogP contribution in [-0.4, -0.2) is 11.5 Å². The molecule has 0 atom stereocenters. The molecule has 1 heterocycles. The van der Waals surface area contributed by atoms with Gasteiger partial charge in [-0.1, -0.05) is 104 Å². The van der Waals surface area contributed by atoms with Gasteiger partial charge in [0.25, 0.3) is 0 Å². The van der Waals surface area contributed by atoms with Crippen molar-refractivity contribution in [3.8, 4) is 22.3 Å². The Morgan fingerprint density at radius 1 is 0.771 bits per heavy atom. The predicted molar refractivity (Wildman–Crippen MR) is 145 cm³/mol. The summed E-state index contributed by atoms with van der Waals surface area (Å²) in [6.45, 7) is 4.15. The fourth-order valence-electron chi connectivity index (χ4n) is 4.56. The van der Waals surface area contributed by atoms with E-state index >= 15 is 0 Å². The van der Waals surface area contributed by atoms with Crippen molar-refractivity contribution in [3.05, 3.63) is 144 Å². The summed E-state index contributed by atoms with van der Waals surface area (Å²) in [5.74, 6) is 0. The van der Waals surface area contributed by atoms with Gasteiger partial charge in [0.05, 0.1) is 11.4 Å². The van der Waals surface area contributed by atoms with Crippen molar-refractivity contribution < 1.29 is 4.92 Å². The highest BCUT2D eigenvalue weighted by Crippen LogP contribution is 2.52. The van der Waals surface area contributed by atoms with Gasteiger partial charge in [0, 0.05) is 27.3 Å². The molecular formula is C31H24N2O2. The Kier molecular flexibility index (Phi) is 6.10. The fraction of sp³-hybridized carbons (Fsp3) is 0.0323. The number of allylic oxidation sites excluding steroid dienone is 4. The summed E-state index contributed by atoms with van der Waals surface area (Å²) >= 11 is 0. The molecule has 0 unspecified atom stereocenters. The average Bonchev–Trinajstić information content (AvgIpc) is 3.01. The molecule has 0 bridgehead atoms. The second kappa shape index (κ2) is 9.65. The van der Waals surface area contributed by atoms with E-state index in [1.54, 1.807) is 12.2 Å². The van der Waals surface area contributed by atoms with E-state index in [1.165, 1.54) is 11.6 Å². The van der Waals surface area contributed by atoms with E-state index in [-0.39, 0.29) is 11.5 Å². The number of fused-ring (bicyclic) bond motifs is 5. The molecule has 4 heteroatoms. The van der Waals surface area contributed by atoms with Gasteiger partial charge < -0.3 is 4.90 Å². The summed E-state index contributed by atoms with van der Waals surface area (Å²) in [4.78, 5) is 12.5. The van der Waals surface area contributed by atoms with Crippen molar-refractivity contribution in [2.45, 2.75) is 0 Å². The molecule has 0 amide bonds. The van der Waals surface area contributed by atoms with Crippen molar-refractivity contribution in [3.63, 3.8) is 0 Å². The Balaban J connectivity index is 1.74. The molecule has 4 nitrogen and oxygen atoms in total. The van der Waals surface area contributed by atoms with Gasteiger partial charge in [-0.3, -0.25) is 10.1 Å². The van der Waals surface area contributed by atoms with E-state index in [0.29, 0.717) is 0 Å². The van der Waals surface area contributed by atoms with Gasteiger partial charge in [-0.15, -0.1) is 0 Å². The van der Waals surface area contributed by atoms with E-state index < -0.39 is 0 Å². The second-order valence-electron chi connectivity index (χ2n) is 8.26. The molecule has 0 spiro atoms. The number of benzene rings is 4. The fourth-order valence-corrected chi connectivity index (χ4v) is 4.56. The van der Waals surface area contributed by atoms with Crippen LogP contribution in [0, 0.1) is 10.1 Å². The van der Waals surface area contributed by atoms with E-state index in [4.69, 9.17) is 0 Å². The summed E-state index contributed by atoms with van der Waals surface area (Å²) < 4.78 is 0. The van der Waals surface area contributed by atoms with Gasteiger partial charge in [-0.25, -0.2) is 0 Å². The molecule has 1 aliphatic heterocycles. The first kappa shape index (κ1) is 22.1. The number of hydrogen-bond donors (Lipinski definition) is 0. The average molecular weight is 457 g/mol. The number of rotatable bonds is 6. The quantitative estimate of drug-likeness (QED) is 0.147. The number of nitrogens with zero attached hydrogens (tertiary/aromatic N) is 2. The maximum absolute atomic E-state index is 10.6. The standard InChI is InChI=1S/C31H24N2O2/c1-23(13-4-3-11-22-32(34)35)25-19-12-20-29-27-17-8-7-16-26(27)28-18-9-10-21-30(28)33(31(25)29)24-14-5-2-6-15-24/h2-21H,1,22H2/b11-3-,13-4-. The zero-order chi connectivity index (χ0) is 24.2. The lowest BCUT2D eigenvalue weighted by Gasteiger charge is -2.29. The number of hydrogen-bond acceptors (Lipinski definition) is 3. The summed E-state index contributed by atoms with van der Waals surface area (Å²) in [7, 11) is 0. The number of nitro groups is 1. The monoisotopic (exact) mass is 456 g/mol. The van der Waals surface area contributed by atoms with Gasteiger partial charge in [0.2, 0.25) is 6.54 Å². The zero-order valence-electron chi connectivity index (χ0n) is 19.2. The van der Waals surface area contributed by atoms with Crippen molar-refractivity contribution in [1.29, 1.82) is 0 Å². The van der Waals surface area contributed by atoms with Gasteiger partial charge in [0.15, 0.2) is 0 Å². The molecule has 0 aromatic heterocycles. The summed E-state index contributed by atoms with van der Waals surface area (Å²) in [6, 6.07) is 33.6. The minimum atomic E-state index is -0.358. The third-order valence-corrected chi connectivity index (χ3v) is 6.07. The maximum Gasteiger partial charge on any atom is 0.222 e. The Labute approximate surface area is 204 Å². The van der Waals surface area contributed by atoms with Crippen LogP contribution in [0.25, 0.3) is 27.8 Å².